The number of ether oxygens (including phenoxy) is 1. The molecule has 3 heterocycles. The molecule has 0 N–H and O–H groups in total. The van der Waals surface area contributed by atoms with Gasteiger partial charge in [0.05, 0.1) is 0 Å². The quantitative estimate of drug-likeness (QED) is 0.686. The summed E-state index contributed by atoms with van der Waals surface area (Å²) in [6.45, 7) is 4.00. The fourth-order valence-corrected chi connectivity index (χ4v) is 3.41. The number of rotatable bonds is 5. The van der Waals surface area contributed by atoms with Gasteiger partial charge >= 0.3 is 0 Å². The van der Waals surface area contributed by atoms with Gasteiger partial charge in [0.15, 0.2) is 12.4 Å². The second-order valence-corrected chi connectivity index (χ2v) is 6.51. The zero-order valence-corrected chi connectivity index (χ0v) is 15.5. The van der Waals surface area contributed by atoms with E-state index in [1.807, 2.05) is 58.5 Å². The molecule has 140 valence electrons. The first-order valence-corrected chi connectivity index (χ1v) is 9.06. The topological polar surface area (TPSA) is 78.1 Å². The van der Waals surface area contributed by atoms with Crippen molar-refractivity contribution in [2.45, 2.75) is 26.4 Å². The van der Waals surface area contributed by atoms with Gasteiger partial charge in [0, 0.05) is 44.4 Å². The molecule has 1 amide bonds. The lowest BCUT2D eigenvalue weighted by molar-refractivity contribution is -0.134. The molecule has 0 atom stereocenters. The van der Waals surface area contributed by atoms with E-state index >= 15 is 0 Å². The van der Waals surface area contributed by atoms with Gasteiger partial charge in [0.2, 0.25) is 0 Å². The summed E-state index contributed by atoms with van der Waals surface area (Å²) in [5.74, 6) is 1.40. The van der Waals surface area contributed by atoms with Gasteiger partial charge in [-0.25, -0.2) is 0 Å². The Morgan fingerprint density at radius 3 is 2.85 bits per heavy atom. The van der Waals surface area contributed by atoms with E-state index in [0.29, 0.717) is 18.8 Å². The second-order valence-electron chi connectivity index (χ2n) is 6.51. The van der Waals surface area contributed by atoms with Crippen molar-refractivity contribution in [3.63, 3.8) is 0 Å². The first-order valence-electron chi connectivity index (χ1n) is 9.06. The molecule has 0 aliphatic carbocycles. The number of fused-ring (bicyclic) bond motifs is 1. The molecule has 0 bridgehead atoms. The molecule has 0 unspecified atom stereocenters. The maximum atomic E-state index is 12.6. The molecule has 0 fully saturated rings. The number of amides is 1. The summed E-state index contributed by atoms with van der Waals surface area (Å²) in [7, 11) is 1.94. The van der Waals surface area contributed by atoms with Crippen LogP contribution in [0.15, 0.2) is 36.7 Å². The van der Waals surface area contributed by atoms with Crippen molar-refractivity contribution in [1.82, 2.24) is 29.4 Å². The van der Waals surface area contributed by atoms with Gasteiger partial charge in [0.1, 0.15) is 17.8 Å². The molecule has 27 heavy (non-hydrogen) atoms. The van der Waals surface area contributed by atoms with Crippen LogP contribution in [0.1, 0.15) is 18.2 Å². The van der Waals surface area contributed by atoms with Crippen molar-refractivity contribution in [3.05, 3.63) is 47.9 Å². The predicted molar refractivity (Wildman–Crippen MR) is 99.0 cm³/mol. The van der Waals surface area contributed by atoms with Crippen molar-refractivity contribution >= 4 is 5.91 Å². The normalized spacial score (nSPS) is 13.5. The lowest BCUT2D eigenvalue weighted by Gasteiger charge is -2.27. The van der Waals surface area contributed by atoms with Crippen LogP contribution in [0, 0.1) is 0 Å². The summed E-state index contributed by atoms with van der Waals surface area (Å²) >= 11 is 0. The number of benzene rings is 1. The summed E-state index contributed by atoms with van der Waals surface area (Å²) in [4.78, 5) is 14.5. The van der Waals surface area contributed by atoms with Crippen molar-refractivity contribution in [2.75, 3.05) is 13.2 Å². The molecule has 2 aromatic heterocycles. The van der Waals surface area contributed by atoms with E-state index in [1.54, 1.807) is 6.33 Å². The largest absolute Gasteiger partial charge is 0.484 e. The molecule has 1 aliphatic heterocycles. The fraction of sp³-hybridized carbons (Fsp3) is 0.368. The van der Waals surface area contributed by atoms with Crippen LogP contribution in [0.3, 0.4) is 0 Å². The zero-order valence-electron chi connectivity index (χ0n) is 15.5. The highest BCUT2D eigenvalue weighted by molar-refractivity contribution is 5.78. The van der Waals surface area contributed by atoms with E-state index in [9.17, 15) is 4.79 Å². The Kier molecular flexibility index (Phi) is 4.62. The van der Waals surface area contributed by atoms with Gasteiger partial charge in [-0.15, -0.1) is 10.2 Å². The highest BCUT2D eigenvalue weighted by Crippen LogP contribution is 2.28. The number of aryl methyl sites for hydroxylation is 2. The number of para-hydroxylation sites is 1. The third-order valence-electron chi connectivity index (χ3n) is 4.87. The van der Waals surface area contributed by atoms with Gasteiger partial charge in [-0.05, 0) is 19.1 Å². The first kappa shape index (κ1) is 17.3. The highest BCUT2D eigenvalue weighted by atomic mass is 16.5. The Labute approximate surface area is 157 Å². The average molecular weight is 366 g/mol. The van der Waals surface area contributed by atoms with Gasteiger partial charge in [0.25, 0.3) is 5.91 Å². The van der Waals surface area contributed by atoms with Crippen LogP contribution in [0.5, 0.6) is 5.75 Å². The van der Waals surface area contributed by atoms with Gasteiger partial charge in [-0.2, -0.15) is 5.10 Å². The molecule has 1 aromatic carbocycles. The molecule has 0 radical (unpaired) electrons. The number of carbonyl (C=O) groups excluding carboxylic acids is 1. The zero-order chi connectivity index (χ0) is 18.8. The van der Waals surface area contributed by atoms with Crippen molar-refractivity contribution < 1.29 is 9.53 Å². The predicted octanol–water partition coefficient (Wildman–Crippen LogP) is 1.66. The van der Waals surface area contributed by atoms with Gasteiger partial charge < -0.3 is 14.2 Å². The standard InChI is InChI=1S/C19H22N6O2/c1-3-24-13-20-21-19(24)18-15-11-25(10-9-16(15)23(2)22-18)17(26)12-27-14-7-5-4-6-8-14/h4-8,13H,3,9-12H2,1-2H3. The van der Waals surface area contributed by atoms with E-state index < -0.39 is 0 Å². The molecule has 0 spiro atoms. The maximum Gasteiger partial charge on any atom is 0.260 e. The van der Waals surface area contributed by atoms with Crippen LogP contribution in [-0.2, 0) is 31.4 Å². The molecular formula is C19H22N6O2. The molecule has 1 aliphatic rings. The van der Waals surface area contributed by atoms with Crippen LogP contribution in [-0.4, -0.2) is 48.5 Å². The summed E-state index contributed by atoms with van der Waals surface area (Å²) in [6, 6.07) is 9.38. The number of hydrogen-bond acceptors (Lipinski definition) is 5. The molecule has 0 saturated carbocycles. The fourth-order valence-electron chi connectivity index (χ4n) is 3.41. The van der Waals surface area contributed by atoms with E-state index in [0.717, 1.165) is 35.7 Å². The average Bonchev–Trinajstić information content (AvgIpc) is 3.30. The van der Waals surface area contributed by atoms with Gasteiger partial charge in [-0.1, -0.05) is 18.2 Å². The van der Waals surface area contributed by atoms with Crippen LogP contribution < -0.4 is 4.74 Å². The molecule has 8 heteroatoms. The SMILES string of the molecule is CCn1cnnc1-c1nn(C)c2c1CN(C(=O)COc1ccccc1)CC2. The van der Waals surface area contributed by atoms with E-state index in [2.05, 4.69) is 15.3 Å². The Hall–Kier alpha value is -3.16. The number of aromatic nitrogens is 5. The van der Waals surface area contributed by atoms with E-state index in [-0.39, 0.29) is 12.5 Å². The third kappa shape index (κ3) is 3.30. The van der Waals surface area contributed by atoms with Crippen molar-refractivity contribution in [1.29, 1.82) is 0 Å². The Morgan fingerprint density at radius 2 is 2.07 bits per heavy atom. The number of hydrogen-bond donors (Lipinski definition) is 0. The minimum atomic E-state index is -0.0312. The van der Waals surface area contributed by atoms with Crippen molar-refractivity contribution in [3.8, 4) is 17.3 Å². The second kappa shape index (κ2) is 7.22. The number of carbonyl (C=O) groups is 1. The van der Waals surface area contributed by atoms with E-state index in [1.165, 1.54) is 0 Å². The van der Waals surface area contributed by atoms with Crippen LogP contribution in [0.2, 0.25) is 0 Å². The summed E-state index contributed by atoms with van der Waals surface area (Å²) in [6.07, 6.45) is 2.46. The Bertz CT molecular complexity index is 947. The van der Waals surface area contributed by atoms with Gasteiger partial charge in [-0.3, -0.25) is 9.48 Å². The van der Waals surface area contributed by atoms with Crippen molar-refractivity contribution in [2.24, 2.45) is 7.05 Å². The Balaban J connectivity index is 1.53. The molecule has 0 saturated heterocycles. The van der Waals surface area contributed by atoms with E-state index in [4.69, 9.17) is 4.74 Å². The summed E-state index contributed by atoms with van der Waals surface area (Å²) < 4.78 is 9.47. The Morgan fingerprint density at radius 1 is 1.26 bits per heavy atom. The van der Waals surface area contributed by atoms with Crippen LogP contribution in [0.4, 0.5) is 0 Å². The summed E-state index contributed by atoms with van der Waals surface area (Å²) in [5.41, 5.74) is 2.98. The molecular weight excluding hydrogens is 344 g/mol. The monoisotopic (exact) mass is 366 g/mol. The third-order valence-corrected chi connectivity index (χ3v) is 4.87. The maximum absolute atomic E-state index is 12.6. The highest BCUT2D eigenvalue weighted by Gasteiger charge is 2.29. The minimum Gasteiger partial charge on any atom is -0.484 e. The minimum absolute atomic E-state index is 0.0279. The van der Waals surface area contributed by atoms with Crippen LogP contribution >= 0.6 is 0 Å². The lowest BCUT2D eigenvalue weighted by Crippen LogP contribution is -2.39. The molecule has 3 aromatic rings. The summed E-state index contributed by atoms with van der Waals surface area (Å²) in [5, 5.41) is 12.9. The molecule has 4 rings (SSSR count). The smallest absolute Gasteiger partial charge is 0.260 e. The number of nitrogens with zero attached hydrogens (tertiary/aromatic N) is 6. The van der Waals surface area contributed by atoms with Crippen LogP contribution in [0.25, 0.3) is 11.5 Å². The first-order chi connectivity index (χ1) is 13.2. The lowest BCUT2D eigenvalue weighted by atomic mass is 10.0. The molecule has 8 nitrogen and oxygen atoms in total.